The number of benzene rings is 1. The molecule has 2 atom stereocenters. The number of anilines is 1. The third kappa shape index (κ3) is 6.75. The van der Waals surface area contributed by atoms with Crippen LogP contribution in [0, 0.1) is 11.8 Å². The standard InChI is InChI=1S/C25H26ClF3N4O2/c1-16-13-18(26)7-10-20(16)24(11-12-24)33-23-31-21(30-19-8-5-17(14-34)6-9-19)3-2-4-22(32-23)35-15-25(27,28)29/h4-10,13-14,16,20H,2-3,11-12,15H2,1H3,(H2,30,31,32,33). The predicted molar refractivity (Wildman–Crippen MR) is 130 cm³/mol. The summed E-state index contributed by atoms with van der Waals surface area (Å²) in [5.74, 6) is 0.999. The minimum atomic E-state index is -4.46. The van der Waals surface area contributed by atoms with Crippen LogP contribution >= 0.6 is 11.6 Å². The van der Waals surface area contributed by atoms with Crippen molar-refractivity contribution in [1.82, 2.24) is 5.32 Å². The first-order chi connectivity index (χ1) is 16.7. The molecular weight excluding hydrogens is 481 g/mol. The van der Waals surface area contributed by atoms with E-state index in [1.807, 2.05) is 18.2 Å². The summed E-state index contributed by atoms with van der Waals surface area (Å²) in [6.07, 6.45) is 6.24. The van der Waals surface area contributed by atoms with Gasteiger partial charge in [-0.15, -0.1) is 0 Å². The van der Waals surface area contributed by atoms with Crippen LogP contribution in [0.25, 0.3) is 0 Å². The molecule has 1 aliphatic heterocycles. The van der Waals surface area contributed by atoms with E-state index >= 15 is 0 Å². The third-order valence-electron chi connectivity index (χ3n) is 6.08. The smallest absolute Gasteiger partial charge is 0.422 e. The number of halogens is 4. The number of nitrogens with one attached hydrogen (secondary N) is 2. The van der Waals surface area contributed by atoms with Crippen molar-refractivity contribution in [2.75, 3.05) is 11.9 Å². The molecule has 2 aliphatic carbocycles. The van der Waals surface area contributed by atoms with Gasteiger partial charge >= 0.3 is 6.18 Å². The Morgan fingerprint density at radius 2 is 2.06 bits per heavy atom. The number of allylic oxidation sites excluding steroid dienone is 4. The van der Waals surface area contributed by atoms with Gasteiger partial charge in [-0.2, -0.15) is 18.2 Å². The summed E-state index contributed by atoms with van der Waals surface area (Å²) >= 11 is 6.15. The second-order valence-corrected chi connectivity index (χ2v) is 9.33. The second kappa shape index (κ2) is 10.3. The lowest BCUT2D eigenvalue weighted by Crippen LogP contribution is -2.33. The zero-order valence-corrected chi connectivity index (χ0v) is 19.9. The molecule has 10 heteroatoms. The van der Waals surface area contributed by atoms with Crippen LogP contribution in [0.1, 0.15) is 43.0 Å². The lowest BCUT2D eigenvalue weighted by molar-refractivity contribution is -0.165. The van der Waals surface area contributed by atoms with E-state index in [0.29, 0.717) is 29.3 Å². The van der Waals surface area contributed by atoms with Crippen LogP contribution in [-0.2, 0) is 4.74 Å². The fraction of sp³-hybridized carbons (Fsp3) is 0.400. The number of rotatable bonds is 6. The van der Waals surface area contributed by atoms with Crippen LogP contribution in [0.2, 0.25) is 0 Å². The number of ether oxygens (including phenoxy) is 1. The number of hydrogen-bond acceptors (Lipinski definition) is 4. The lowest BCUT2D eigenvalue weighted by atomic mass is 9.82. The molecule has 6 nitrogen and oxygen atoms in total. The average Bonchev–Trinajstić information content (AvgIpc) is 3.55. The molecule has 1 aromatic carbocycles. The van der Waals surface area contributed by atoms with E-state index in [9.17, 15) is 18.0 Å². The quantitative estimate of drug-likeness (QED) is 0.468. The molecule has 1 fully saturated rings. The van der Waals surface area contributed by atoms with Crippen molar-refractivity contribution in [3.63, 3.8) is 0 Å². The van der Waals surface area contributed by atoms with Gasteiger partial charge in [0.1, 0.15) is 12.1 Å². The zero-order valence-electron chi connectivity index (χ0n) is 19.1. The topological polar surface area (TPSA) is 75.1 Å². The van der Waals surface area contributed by atoms with Crippen LogP contribution in [-0.4, -0.2) is 36.4 Å². The molecule has 1 heterocycles. The van der Waals surface area contributed by atoms with Crippen molar-refractivity contribution < 1.29 is 22.7 Å². The van der Waals surface area contributed by atoms with Gasteiger partial charge in [0.05, 0.1) is 5.54 Å². The Labute approximate surface area is 206 Å². The van der Waals surface area contributed by atoms with E-state index in [0.717, 1.165) is 24.8 Å². The number of aldehydes is 1. The minimum absolute atomic E-state index is 0.0230. The molecule has 0 bridgehead atoms. The maximum absolute atomic E-state index is 12.8. The van der Waals surface area contributed by atoms with Crippen molar-refractivity contribution in [2.45, 2.75) is 44.3 Å². The first kappa shape index (κ1) is 25.0. The molecule has 4 rings (SSSR count). The Morgan fingerprint density at radius 3 is 2.69 bits per heavy atom. The summed E-state index contributed by atoms with van der Waals surface area (Å²) in [6.45, 7) is 0.660. The molecule has 1 aromatic rings. The molecule has 0 aromatic heterocycles. The monoisotopic (exact) mass is 506 g/mol. The molecule has 186 valence electrons. The normalized spacial score (nSPS) is 24.8. The van der Waals surface area contributed by atoms with Crippen LogP contribution < -0.4 is 10.6 Å². The highest BCUT2D eigenvalue weighted by Crippen LogP contribution is 2.51. The van der Waals surface area contributed by atoms with Gasteiger partial charge in [-0.25, -0.2) is 4.99 Å². The summed E-state index contributed by atoms with van der Waals surface area (Å²) in [7, 11) is 0. The second-order valence-electron chi connectivity index (χ2n) is 8.89. The van der Waals surface area contributed by atoms with E-state index in [1.165, 1.54) is 0 Å². The number of aliphatic imine (C=N–C) groups is 2. The summed E-state index contributed by atoms with van der Waals surface area (Å²) in [4.78, 5) is 20.5. The molecule has 0 saturated heterocycles. The average molecular weight is 507 g/mol. The van der Waals surface area contributed by atoms with Gasteiger partial charge in [-0.3, -0.25) is 10.1 Å². The van der Waals surface area contributed by atoms with E-state index < -0.39 is 18.3 Å². The number of carbonyl (C=O) groups excluding carboxylic acids is 1. The molecule has 3 aliphatic rings. The molecule has 1 saturated carbocycles. The molecule has 0 spiro atoms. The Morgan fingerprint density at radius 1 is 1.31 bits per heavy atom. The largest absolute Gasteiger partial charge is 0.470 e. The van der Waals surface area contributed by atoms with Gasteiger partial charge in [-0.05, 0) is 61.6 Å². The molecule has 0 radical (unpaired) electrons. The zero-order chi connectivity index (χ0) is 25.1. The van der Waals surface area contributed by atoms with E-state index in [2.05, 4.69) is 22.5 Å². The van der Waals surface area contributed by atoms with Gasteiger partial charge in [0.15, 0.2) is 12.5 Å². The first-order valence-electron chi connectivity index (χ1n) is 11.4. The summed E-state index contributed by atoms with van der Waals surface area (Å²) < 4.78 is 43.2. The number of alkyl halides is 3. The van der Waals surface area contributed by atoms with Gasteiger partial charge in [0.25, 0.3) is 0 Å². The highest BCUT2D eigenvalue weighted by molar-refractivity contribution is 6.31. The van der Waals surface area contributed by atoms with Gasteiger partial charge in [0, 0.05) is 28.6 Å². The van der Waals surface area contributed by atoms with Crippen LogP contribution in [0.15, 0.2) is 69.5 Å². The number of amidine groups is 1. The number of guanidine groups is 1. The van der Waals surface area contributed by atoms with Crippen molar-refractivity contribution in [2.24, 2.45) is 21.8 Å². The van der Waals surface area contributed by atoms with Crippen LogP contribution in [0.3, 0.4) is 0 Å². The van der Waals surface area contributed by atoms with E-state index in [-0.39, 0.29) is 23.7 Å². The molecule has 0 amide bonds. The van der Waals surface area contributed by atoms with Gasteiger partial charge < -0.3 is 10.1 Å². The Balaban J connectivity index is 1.60. The first-order valence-corrected chi connectivity index (χ1v) is 11.8. The molecular formula is C25H26ClF3N4O2. The Bertz CT molecular complexity index is 1100. The van der Waals surface area contributed by atoms with Gasteiger partial charge in [0.2, 0.25) is 5.96 Å². The van der Waals surface area contributed by atoms with Crippen molar-refractivity contribution >= 4 is 35.4 Å². The Hall–Kier alpha value is -3.07. The van der Waals surface area contributed by atoms with Crippen molar-refractivity contribution in [1.29, 1.82) is 0 Å². The highest BCUT2D eigenvalue weighted by atomic mass is 35.5. The maximum atomic E-state index is 12.8. The van der Waals surface area contributed by atoms with Gasteiger partial charge in [-0.1, -0.05) is 30.7 Å². The van der Waals surface area contributed by atoms with Crippen LogP contribution in [0.4, 0.5) is 18.9 Å². The lowest BCUT2D eigenvalue weighted by Gasteiger charge is -2.28. The van der Waals surface area contributed by atoms with E-state index in [1.54, 1.807) is 30.3 Å². The molecule has 35 heavy (non-hydrogen) atoms. The summed E-state index contributed by atoms with van der Waals surface area (Å²) in [5, 5.41) is 6.77. The van der Waals surface area contributed by atoms with Crippen LogP contribution in [0.5, 0.6) is 0 Å². The summed E-state index contributed by atoms with van der Waals surface area (Å²) in [6, 6.07) is 6.89. The molecule has 2 N–H and O–H groups in total. The third-order valence-corrected chi connectivity index (χ3v) is 6.33. The Kier molecular flexibility index (Phi) is 7.35. The predicted octanol–water partition coefficient (Wildman–Crippen LogP) is 5.95. The minimum Gasteiger partial charge on any atom is -0.470 e. The van der Waals surface area contributed by atoms with Crippen molar-refractivity contribution in [3.05, 3.63) is 65.0 Å². The molecule has 2 unspecified atom stereocenters. The number of hydrogen-bond donors (Lipinski definition) is 2. The fourth-order valence-electron chi connectivity index (χ4n) is 4.23. The highest BCUT2D eigenvalue weighted by Gasteiger charge is 2.51. The number of carbonyl (C=O) groups is 1. The van der Waals surface area contributed by atoms with Crippen molar-refractivity contribution in [3.8, 4) is 0 Å². The maximum Gasteiger partial charge on any atom is 0.422 e. The SMILES string of the molecule is CC1C=C(Cl)C=CC1C1(N=C2N=C(Nc3ccc(C=O)cc3)CCC=C(OCC(F)(F)F)N2)CC1. The summed E-state index contributed by atoms with van der Waals surface area (Å²) in [5.41, 5.74) is 0.866. The fourth-order valence-corrected chi connectivity index (χ4v) is 4.50. The number of nitrogens with zero attached hydrogens (tertiary/aromatic N) is 2. The van der Waals surface area contributed by atoms with E-state index in [4.69, 9.17) is 21.3 Å².